The van der Waals surface area contributed by atoms with E-state index in [9.17, 15) is 22.8 Å². The largest absolute Gasteiger partial charge is 0.394 e. The van der Waals surface area contributed by atoms with Gasteiger partial charge in [-0.1, -0.05) is 6.92 Å². The summed E-state index contributed by atoms with van der Waals surface area (Å²) in [6.07, 6.45) is 0.739. The second kappa shape index (κ2) is 14.1. The molecule has 0 aliphatic rings. The van der Waals surface area contributed by atoms with Crippen LogP contribution in [-0.2, 0) is 21.0 Å². The highest BCUT2D eigenvalue weighted by Gasteiger charge is 2.24. The Bertz CT molecular complexity index is 1010. The van der Waals surface area contributed by atoms with Crippen molar-refractivity contribution in [1.82, 2.24) is 16.3 Å². The first-order valence-electron chi connectivity index (χ1n) is 10.2. The summed E-state index contributed by atoms with van der Waals surface area (Å²) in [7, 11) is 0. The smallest absolute Gasteiger partial charge is 0.277 e. The van der Waals surface area contributed by atoms with Crippen LogP contribution in [0, 0.1) is 21.0 Å². The van der Waals surface area contributed by atoms with E-state index in [1.807, 2.05) is 35.0 Å². The van der Waals surface area contributed by atoms with E-state index in [2.05, 4.69) is 16.1 Å². The molecule has 0 saturated heterocycles. The quantitative estimate of drug-likeness (QED) is 0.137. The number of nitrogens with one attached hydrogen (secondary N) is 4. The van der Waals surface area contributed by atoms with Gasteiger partial charge in [-0.15, -0.1) is 0 Å². The number of amides is 2. The maximum Gasteiger partial charge on any atom is 0.277 e. The average Bonchev–Trinajstić information content (AvgIpc) is 2.81. The summed E-state index contributed by atoms with van der Waals surface area (Å²) in [5, 5.41) is 13.8. The summed E-state index contributed by atoms with van der Waals surface area (Å²) in [6, 6.07) is 5.05. The number of carbonyl (C=O) groups is 2. The lowest BCUT2D eigenvalue weighted by Gasteiger charge is -2.17. The van der Waals surface area contributed by atoms with Crippen LogP contribution in [0.1, 0.15) is 29.3 Å². The number of benzene rings is 2. The van der Waals surface area contributed by atoms with Gasteiger partial charge in [0.25, 0.3) is 5.91 Å². The molecule has 2 aromatic rings. The molecule has 2 rings (SSSR count). The van der Waals surface area contributed by atoms with Gasteiger partial charge in [-0.2, -0.15) is 5.48 Å². The number of carbonyl (C=O) groups excluding carboxylic acids is 2. The summed E-state index contributed by atoms with van der Waals surface area (Å²) in [5.74, 6) is -4.86. The van der Waals surface area contributed by atoms with E-state index in [0.717, 1.165) is 12.5 Å². The Hall–Kier alpha value is -2.46. The van der Waals surface area contributed by atoms with E-state index in [1.165, 1.54) is 18.2 Å². The standard InChI is InChI=1S/C21H24F3IN4O5/c1-2-5-26-17(31)11-34-27-10-12-8-14(21(32)29-33-7-6-30)20(19(24)18(12)23)28-16-4-3-13(25)9-15(16)22/h3-4,8-9,27-28,30H,2,5-7,10-11H2,1H3,(H,26,31)(H,29,32). The second-order valence-corrected chi connectivity index (χ2v) is 8.04. The summed E-state index contributed by atoms with van der Waals surface area (Å²) in [6.45, 7) is 0.957. The number of rotatable bonds is 13. The fraction of sp³-hybridized carbons (Fsp3) is 0.333. The highest BCUT2D eigenvalue weighted by Crippen LogP contribution is 2.30. The molecule has 0 radical (unpaired) electrons. The molecule has 0 aliphatic carbocycles. The van der Waals surface area contributed by atoms with Crippen LogP contribution in [-0.4, -0.2) is 43.3 Å². The molecule has 34 heavy (non-hydrogen) atoms. The molecular formula is C21H24F3IN4O5. The van der Waals surface area contributed by atoms with Crippen LogP contribution in [0.25, 0.3) is 0 Å². The molecule has 0 saturated carbocycles. The zero-order valence-electron chi connectivity index (χ0n) is 18.1. The number of hydrogen-bond acceptors (Lipinski definition) is 7. The lowest BCUT2D eigenvalue weighted by molar-refractivity contribution is -0.128. The number of hydrogen-bond donors (Lipinski definition) is 5. The molecular weight excluding hydrogens is 572 g/mol. The van der Waals surface area contributed by atoms with E-state index in [4.69, 9.17) is 14.8 Å². The first-order chi connectivity index (χ1) is 16.3. The molecule has 2 aromatic carbocycles. The van der Waals surface area contributed by atoms with Crippen molar-refractivity contribution >= 4 is 45.8 Å². The van der Waals surface area contributed by atoms with Crippen molar-refractivity contribution in [2.45, 2.75) is 19.9 Å². The molecule has 13 heteroatoms. The lowest BCUT2D eigenvalue weighted by Crippen LogP contribution is -2.31. The number of aliphatic hydroxyl groups excluding tert-OH is 1. The highest BCUT2D eigenvalue weighted by atomic mass is 127. The molecule has 5 N–H and O–H groups in total. The maximum absolute atomic E-state index is 15.0. The van der Waals surface area contributed by atoms with Gasteiger partial charge in [0.15, 0.2) is 11.6 Å². The van der Waals surface area contributed by atoms with Gasteiger partial charge in [0.05, 0.1) is 30.2 Å². The fourth-order valence-corrected chi connectivity index (χ4v) is 3.07. The van der Waals surface area contributed by atoms with Gasteiger partial charge in [-0.25, -0.2) is 18.7 Å². The van der Waals surface area contributed by atoms with Crippen LogP contribution in [0.5, 0.6) is 0 Å². The summed E-state index contributed by atoms with van der Waals surface area (Å²) >= 11 is 1.88. The Kier molecular flexibility index (Phi) is 11.5. The van der Waals surface area contributed by atoms with Crippen LogP contribution in [0.2, 0.25) is 0 Å². The van der Waals surface area contributed by atoms with Crippen LogP contribution in [0.3, 0.4) is 0 Å². The van der Waals surface area contributed by atoms with Gasteiger partial charge < -0.3 is 15.7 Å². The Morgan fingerprint density at radius 2 is 1.88 bits per heavy atom. The number of aliphatic hydroxyl groups is 1. The molecule has 0 unspecified atom stereocenters. The van der Waals surface area contributed by atoms with Crippen LogP contribution in [0.4, 0.5) is 24.5 Å². The minimum Gasteiger partial charge on any atom is -0.394 e. The van der Waals surface area contributed by atoms with E-state index >= 15 is 0 Å². The molecule has 0 atom stereocenters. The molecule has 0 heterocycles. The SMILES string of the molecule is CCCNC(=O)CONCc1cc(C(=O)NOCCO)c(Nc2ccc(I)cc2F)c(F)c1F. The predicted molar refractivity (Wildman–Crippen MR) is 125 cm³/mol. The number of hydroxylamine groups is 2. The van der Waals surface area contributed by atoms with Crippen LogP contribution < -0.4 is 21.6 Å². The average molecular weight is 596 g/mol. The van der Waals surface area contributed by atoms with E-state index < -0.39 is 47.1 Å². The molecule has 0 aliphatic heterocycles. The third-order valence-corrected chi connectivity index (χ3v) is 4.89. The summed E-state index contributed by atoms with van der Waals surface area (Å²) in [4.78, 5) is 33.8. The van der Waals surface area contributed by atoms with Gasteiger partial charge in [-0.05, 0) is 53.3 Å². The highest BCUT2D eigenvalue weighted by molar-refractivity contribution is 14.1. The number of anilines is 2. The van der Waals surface area contributed by atoms with Gasteiger partial charge >= 0.3 is 0 Å². The monoisotopic (exact) mass is 596 g/mol. The molecule has 9 nitrogen and oxygen atoms in total. The third kappa shape index (κ3) is 8.09. The zero-order chi connectivity index (χ0) is 25.1. The molecule has 0 bridgehead atoms. The van der Waals surface area contributed by atoms with Crippen LogP contribution >= 0.6 is 22.6 Å². The molecule has 186 valence electrons. The Labute approximate surface area is 207 Å². The van der Waals surface area contributed by atoms with Crippen molar-refractivity contribution in [1.29, 1.82) is 0 Å². The second-order valence-electron chi connectivity index (χ2n) is 6.80. The Morgan fingerprint density at radius 1 is 1.12 bits per heavy atom. The summed E-state index contributed by atoms with van der Waals surface area (Å²) < 4.78 is 44.6. The normalized spacial score (nSPS) is 10.8. The minimum atomic E-state index is -1.44. The van der Waals surface area contributed by atoms with E-state index in [1.54, 1.807) is 0 Å². The molecule has 0 fully saturated rings. The molecule has 0 spiro atoms. The first-order valence-corrected chi connectivity index (χ1v) is 11.2. The third-order valence-electron chi connectivity index (χ3n) is 4.22. The Morgan fingerprint density at radius 3 is 2.56 bits per heavy atom. The molecule has 0 aromatic heterocycles. The van der Waals surface area contributed by atoms with Gasteiger partial charge in [-0.3, -0.25) is 19.3 Å². The van der Waals surface area contributed by atoms with Crippen LogP contribution in [0.15, 0.2) is 24.3 Å². The van der Waals surface area contributed by atoms with Gasteiger partial charge in [0, 0.05) is 22.2 Å². The fourth-order valence-electron chi connectivity index (χ4n) is 2.61. The Balaban J connectivity index is 2.27. The molecule has 2 amide bonds. The summed E-state index contributed by atoms with van der Waals surface area (Å²) in [5.41, 5.74) is 2.84. The lowest BCUT2D eigenvalue weighted by atomic mass is 10.1. The van der Waals surface area contributed by atoms with Crippen molar-refractivity contribution in [2.75, 3.05) is 31.7 Å². The van der Waals surface area contributed by atoms with Crippen molar-refractivity contribution in [2.24, 2.45) is 0 Å². The van der Waals surface area contributed by atoms with Gasteiger partial charge in [0.2, 0.25) is 5.91 Å². The zero-order valence-corrected chi connectivity index (χ0v) is 20.3. The van der Waals surface area contributed by atoms with Gasteiger partial charge in [0.1, 0.15) is 12.4 Å². The first kappa shape index (κ1) is 27.8. The van der Waals surface area contributed by atoms with Crippen molar-refractivity contribution in [3.05, 3.63) is 56.4 Å². The number of halogens is 4. The topological polar surface area (TPSA) is 121 Å². The van der Waals surface area contributed by atoms with E-state index in [-0.39, 0.29) is 31.0 Å². The van der Waals surface area contributed by atoms with Crippen molar-refractivity contribution in [3.63, 3.8) is 0 Å². The van der Waals surface area contributed by atoms with Crippen molar-refractivity contribution < 1.29 is 37.5 Å². The van der Waals surface area contributed by atoms with E-state index in [0.29, 0.717) is 10.1 Å². The maximum atomic E-state index is 15.0. The minimum absolute atomic E-state index is 0.184. The predicted octanol–water partition coefficient (Wildman–Crippen LogP) is 2.65. The van der Waals surface area contributed by atoms with Crippen molar-refractivity contribution in [3.8, 4) is 0 Å².